The Hall–Kier alpha value is -1.02. The summed E-state index contributed by atoms with van der Waals surface area (Å²) in [6.45, 7) is 9.04. The van der Waals surface area contributed by atoms with Gasteiger partial charge < -0.3 is 10.1 Å². The summed E-state index contributed by atoms with van der Waals surface area (Å²) in [5, 5.41) is 3.77. The maximum atomic E-state index is 5.20. The molecule has 0 spiro atoms. The largest absolute Gasteiger partial charge is 0.497 e. The smallest absolute Gasteiger partial charge is 0.118 e. The summed E-state index contributed by atoms with van der Waals surface area (Å²) in [5.41, 5.74) is 1.34. The monoisotopic (exact) mass is 249 g/mol. The van der Waals surface area contributed by atoms with Gasteiger partial charge in [-0.1, -0.05) is 39.8 Å². The Morgan fingerprint density at radius 2 is 1.67 bits per heavy atom. The second-order valence-corrected chi connectivity index (χ2v) is 5.16. The summed E-state index contributed by atoms with van der Waals surface area (Å²) in [4.78, 5) is 0. The van der Waals surface area contributed by atoms with E-state index in [-0.39, 0.29) is 0 Å². The minimum absolute atomic E-state index is 0.434. The highest BCUT2D eigenvalue weighted by atomic mass is 16.5. The molecule has 0 aliphatic rings. The number of hydrogen-bond donors (Lipinski definition) is 1. The van der Waals surface area contributed by atoms with E-state index in [1.165, 1.54) is 12.0 Å². The SMILES string of the molecule is CCC(NC(CC)C(C)C)c1ccc(OC)cc1. The average molecular weight is 249 g/mol. The van der Waals surface area contributed by atoms with Crippen molar-refractivity contribution in [3.63, 3.8) is 0 Å². The van der Waals surface area contributed by atoms with Gasteiger partial charge in [0.25, 0.3) is 0 Å². The van der Waals surface area contributed by atoms with Crippen LogP contribution in [0.25, 0.3) is 0 Å². The van der Waals surface area contributed by atoms with Crippen LogP contribution in [-0.2, 0) is 0 Å². The molecule has 2 nitrogen and oxygen atoms in total. The minimum Gasteiger partial charge on any atom is -0.497 e. The second-order valence-electron chi connectivity index (χ2n) is 5.16. The highest BCUT2D eigenvalue weighted by Crippen LogP contribution is 2.22. The normalized spacial score (nSPS) is 14.6. The molecule has 1 aromatic rings. The third kappa shape index (κ3) is 4.02. The molecule has 2 heteroatoms. The molecule has 2 unspecified atom stereocenters. The molecule has 1 rings (SSSR count). The van der Waals surface area contributed by atoms with E-state index in [9.17, 15) is 0 Å². The van der Waals surface area contributed by atoms with Crippen molar-refractivity contribution in [1.29, 1.82) is 0 Å². The Morgan fingerprint density at radius 1 is 1.06 bits per heavy atom. The van der Waals surface area contributed by atoms with Crippen LogP contribution in [0.5, 0.6) is 5.75 Å². The van der Waals surface area contributed by atoms with Crippen molar-refractivity contribution in [2.75, 3.05) is 7.11 Å². The summed E-state index contributed by atoms with van der Waals surface area (Å²) in [7, 11) is 1.70. The summed E-state index contributed by atoms with van der Waals surface area (Å²) in [5.74, 6) is 1.59. The molecule has 0 saturated carbocycles. The number of rotatable bonds is 7. The second kappa shape index (κ2) is 7.42. The van der Waals surface area contributed by atoms with E-state index in [2.05, 4.69) is 45.1 Å². The fraction of sp³-hybridized carbons (Fsp3) is 0.625. The van der Waals surface area contributed by atoms with Crippen LogP contribution in [-0.4, -0.2) is 13.2 Å². The van der Waals surface area contributed by atoms with Gasteiger partial charge in [0.05, 0.1) is 7.11 Å². The van der Waals surface area contributed by atoms with Crippen molar-refractivity contribution >= 4 is 0 Å². The zero-order valence-electron chi connectivity index (χ0n) is 12.4. The molecule has 0 aliphatic carbocycles. The van der Waals surface area contributed by atoms with E-state index in [1.807, 2.05) is 12.1 Å². The Bertz CT molecular complexity index is 331. The van der Waals surface area contributed by atoms with Crippen molar-refractivity contribution in [2.24, 2.45) is 5.92 Å². The quantitative estimate of drug-likeness (QED) is 0.783. The zero-order valence-corrected chi connectivity index (χ0v) is 12.4. The number of methoxy groups -OCH3 is 1. The summed E-state index contributed by atoms with van der Waals surface area (Å²) in [6.07, 6.45) is 2.28. The lowest BCUT2D eigenvalue weighted by Gasteiger charge is -2.27. The van der Waals surface area contributed by atoms with Gasteiger partial charge in [0.15, 0.2) is 0 Å². The summed E-state index contributed by atoms with van der Waals surface area (Å²) in [6, 6.07) is 9.41. The molecule has 102 valence electrons. The Morgan fingerprint density at radius 3 is 2.06 bits per heavy atom. The number of hydrogen-bond acceptors (Lipinski definition) is 2. The lowest BCUT2D eigenvalue weighted by molar-refractivity contribution is 0.340. The molecule has 2 atom stereocenters. The van der Waals surface area contributed by atoms with Crippen LogP contribution >= 0.6 is 0 Å². The Labute approximate surface area is 112 Å². The Kier molecular flexibility index (Phi) is 6.20. The lowest BCUT2D eigenvalue weighted by atomic mass is 9.97. The lowest BCUT2D eigenvalue weighted by Crippen LogP contribution is -2.36. The van der Waals surface area contributed by atoms with Crippen LogP contribution in [0.15, 0.2) is 24.3 Å². The minimum atomic E-state index is 0.434. The molecule has 0 fully saturated rings. The first kappa shape index (κ1) is 15.0. The standard InChI is InChI=1S/C16H27NO/c1-6-15(12(3)4)17-16(7-2)13-8-10-14(18-5)11-9-13/h8-12,15-17H,6-7H2,1-5H3. The van der Waals surface area contributed by atoms with Crippen molar-refractivity contribution in [1.82, 2.24) is 5.32 Å². The highest BCUT2D eigenvalue weighted by Gasteiger charge is 2.16. The summed E-state index contributed by atoms with van der Waals surface area (Å²) < 4.78 is 5.20. The first-order chi connectivity index (χ1) is 8.62. The molecule has 0 aromatic heterocycles. The molecular weight excluding hydrogens is 222 g/mol. The molecular formula is C16H27NO. The third-order valence-corrected chi connectivity index (χ3v) is 3.59. The third-order valence-electron chi connectivity index (χ3n) is 3.59. The molecule has 0 aliphatic heterocycles. The average Bonchev–Trinajstić information content (AvgIpc) is 2.40. The molecule has 0 bridgehead atoms. The number of nitrogens with one attached hydrogen (secondary N) is 1. The topological polar surface area (TPSA) is 21.3 Å². The predicted octanol–water partition coefficient (Wildman–Crippen LogP) is 4.17. The van der Waals surface area contributed by atoms with Crippen molar-refractivity contribution in [2.45, 2.75) is 52.6 Å². The van der Waals surface area contributed by atoms with Crippen LogP contribution < -0.4 is 10.1 Å². The predicted molar refractivity (Wildman–Crippen MR) is 78.1 cm³/mol. The first-order valence-corrected chi connectivity index (χ1v) is 7.02. The maximum absolute atomic E-state index is 5.20. The molecule has 1 aromatic carbocycles. The van der Waals surface area contributed by atoms with Gasteiger partial charge in [-0.15, -0.1) is 0 Å². The molecule has 0 heterocycles. The molecule has 0 saturated heterocycles. The first-order valence-electron chi connectivity index (χ1n) is 7.02. The van der Waals surface area contributed by atoms with E-state index >= 15 is 0 Å². The van der Waals surface area contributed by atoms with Gasteiger partial charge >= 0.3 is 0 Å². The van der Waals surface area contributed by atoms with E-state index < -0.39 is 0 Å². The van der Waals surface area contributed by atoms with E-state index in [0.29, 0.717) is 18.0 Å². The highest BCUT2D eigenvalue weighted by molar-refractivity contribution is 5.29. The van der Waals surface area contributed by atoms with Crippen molar-refractivity contribution in [3.05, 3.63) is 29.8 Å². The van der Waals surface area contributed by atoms with Gasteiger partial charge in [0.1, 0.15) is 5.75 Å². The van der Waals surface area contributed by atoms with Crippen LogP contribution in [0.2, 0.25) is 0 Å². The van der Waals surface area contributed by atoms with Gasteiger partial charge in [0, 0.05) is 12.1 Å². The van der Waals surface area contributed by atoms with E-state index in [0.717, 1.165) is 12.2 Å². The van der Waals surface area contributed by atoms with Gasteiger partial charge in [0.2, 0.25) is 0 Å². The molecule has 1 N–H and O–H groups in total. The van der Waals surface area contributed by atoms with Crippen LogP contribution in [0.3, 0.4) is 0 Å². The van der Waals surface area contributed by atoms with E-state index in [1.54, 1.807) is 7.11 Å². The van der Waals surface area contributed by atoms with Crippen LogP contribution in [0.4, 0.5) is 0 Å². The van der Waals surface area contributed by atoms with Crippen LogP contribution in [0.1, 0.15) is 52.1 Å². The molecule has 18 heavy (non-hydrogen) atoms. The number of ether oxygens (including phenoxy) is 1. The fourth-order valence-corrected chi connectivity index (χ4v) is 2.33. The van der Waals surface area contributed by atoms with Gasteiger partial charge in [-0.25, -0.2) is 0 Å². The maximum Gasteiger partial charge on any atom is 0.118 e. The molecule has 0 amide bonds. The summed E-state index contributed by atoms with van der Waals surface area (Å²) >= 11 is 0. The van der Waals surface area contributed by atoms with Crippen molar-refractivity contribution < 1.29 is 4.74 Å². The van der Waals surface area contributed by atoms with Gasteiger partial charge in [-0.3, -0.25) is 0 Å². The van der Waals surface area contributed by atoms with Crippen LogP contribution in [0, 0.1) is 5.92 Å². The van der Waals surface area contributed by atoms with Gasteiger partial charge in [-0.05, 0) is 36.5 Å². The number of benzene rings is 1. The zero-order chi connectivity index (χ0) is 13.5. The van der Waals surface area contributed by atoms with Gasteiger partial charge in [-0.2, -0.15) is 0 Å². The Balaban J connectivity index is 2.75. The fourth-order valence-electron chi connectivity index (χ4n) is 2.33. The van der Waals surface area contributed by atoms with E-state index in [4.69, 9.17) is 4.74 Å². The van der Waals surface area contributed by atoms with Crippen molar-refractivity contribution in [3.8, 4) is 5.75 Å². The molecule has 0 radical (unpaired) electrons.